The summed E-state index contributed by atoms with van der Waals surface area (Å²) in [7, 11) is 0. The lowest BCUT2D eigenvalue weighted by atomic mass is 10.0. The van der Waals surface area contributed by atoms with Crippen molar-refractivity contribution in [2.24, 2.45) is 5.92 Å². The fourth-order valence-electron chi connectivity index (χ4n) is 6.21. The van der Waals surface area contributed by atoms with Crippen molar-refractivity contribution < 1.29 is 63.9 Å². The van der Waals surface area contributed by atoms with Gasteiger partial charge >= 0.3 is 17.9 Å². The molecule has 312 valence electrons. The highest BCUT2D eigenvalue weighted by Crippen LogP contribution is 2.20. The number of aliphatic carboxylic acids is 3. The molecule has 0 aromatic rings. The minimum absolute atomic E-state index is 0.201. The molecule has 2 saturated heterocycles. The monoisotopic (exact) mass is 787 g/mol. The van der Waals surface area contributed by atoms with Crippen LogP contribution < -0.4 is 21.3 Å². The summed E-state index contributed by atoms with van der Waals surface area (Å²) in [6.07, 6.45) is -0.727. The molecule has 0 aromatic carbocycles. The van der Waals surface area contributed by atoms with Gasteiger partial charge in [0.2, 0.25) is 29.5 Å². The topological polar surface area (TPSA) is 302 Å². The van der Waals surface area contributed by atoms with E-state index in [0.717, 1.165) is 0 Å². The number of carboxylic acids is 3. The number of aliphatic hydroxyl groups is 2. The first-order chi connectivity index (χ1) is 25.9. The van der Waals surface area contributed by atoms with Gasteiger partial charge in [0, 0.05) is 58.9 Å². The summed E-state index contributed by atoms with van der Waals surface area (Å²) in [4.78, 5) is 106. The fraction of sp³-hybridized carbons (Fsp3) is 0.758. The molecule has 0 unspecified atom stereocenters. The number of nitrogens with zero attached hydrogens (tertiary/aromatic N) is 5. The Labute approximate surface area is 319 Å². The third kappa shape index (κ3) is 17.7. The molecular weight excluding hydrogens is 730 g/mol. The second-order valence-corrected chi connectivity index (χ2v) is 14.0. The third-order valence-corrected chi connectivity index (χ3v) is 9.19. The van der Waals surface area contributed by atoms with E-state index >= 15 is 0 Å². The zero-order valence-corrected chi connectivity index (χ0v) is 31.6. The first kappa shape index (κ1) is 46.7. The lowest BCUT2D eigenvalue weighted by Crippen LogP contribution is -2.57. The van der Waals surface area contributed by atoms with E-state index in [1.54, 1.807) is 33.4 Å². The minimum Gasteiger partial charge on any atom is -0.480 e. The van der Waals surface area contributed by atoms with Gasteiger partial charge in [-0.15, -0.1) is 0 Å². The van der Waals surface area contributed by atoms with Crippen LogP contribution in [0, 0.1) is 5.92 Å². The Morgan fingerprint density at radius 1 is 0.582 bits per heavy atom. The van der Waals surface area contributed by atoms with Crippen LogP contribution in [0.2, 0.25) is 0 Å². The van der Waals surface area contributed by atoms with Crippen LogP contribution in [-0.4, -0.2) is 220 Å². The Balaban J connectivity index is 1.91. The van der Waals surface area contributed by atoms with E-state index < -0.39 is 90.9 Å². The van der Waals surface area contributed by atoms with Crippen LogP contribution >= 0.6 is 0 Å². The predicted octanol–water partition coefficient (Wildman–Crippen LogP) is -5.36. The summed E-state index contributed by atoms with van der Waals surface area (Å²) < 4.78 is 0. The quantitative estimate of drug-likeness (QED) is 0.0586. The van der Waals surface area contributed by atoms with Crippen LogP contribution in [0.25, 0.3) is 0 Å². The van der Waals surface area contributed by atoms with Gasteiger partial charge in [-0.2, -0.15) is 0 Å². The molecule has 2 aliphatic rings. The molecule has 22 nitrogen and oxygen atoms in total. The number of aliphatic hydroxyl groups excluding tert-OH is 1. The molecule has 55 heavy (non-hydrogen) atoms. The molecule has 5 amide bonds. The van der Waals surface area contributed by atoms with Crippen molar-refractivity contribution in [3.05, 3.63) is 0 Å². The van der Waals surface area contributed by atoms with Gasteiger partial charge < -0.3 is 51.7 Å². The molecule has 0 aliphatic carbocycles. The lowest BCUT2D eigenvalue weighted by molar-refractivity contribution is -0.146. The van der Waals surface area contributed by atoms with Crippen molar-refractivity contribution >= 4 is 47.4 Å². The van der Waals surface area contributed by atoms with Crippen LogP contribution in [0.15, 0.2) is 0 Å². The molecule has 2 heterocycles. The van der Waals surface area contributed by atoms with Crippen LogP contribution in [0.3, 0.4) is 0 Å². The molecule has 2 rings (SSSR count). The van der Waals surface area contributed by atoms with Crippen molar-refractivity contribution in [3.63, 3.8) is 0 Å². The Morgan fingerprint density at radius 3 is 1.42 bits per heavy atom. The van der Waals surface area contributed by atoms with Crippen molar-refractivity contribution in [3.8, 4) is 0 Å². The van der Waals surface area contributed by atoms with E-state index in [9.17, 15) is 63.9 Å². The van der Waals surface area contributed by atoms with Gasteiger partial charge in [-0.3, -0.25) is 58.0 Å². The van der Waals surface area contributed by atoms with Gasteiger partial charge in [0.25, 0.3) is 0 Å². The first-order valence-electron chi connectivity index (χ1n) is 18.2. The molecule has 0 radical (unpaired) electrons. The van der Waals surface area contributed by atoms with Gasteiger partial charge in [0.05, 0.1) is 45.3 Å². The summed E-state index contributed by atoms with van der Waals surface area (Å²) >= 11 is 0. The number of carboxylic acid groups (broad SMARTS) is 3. The molecule has 0 saturated carbocycles. The molecule has 3 atom stereocenters. The molecule has 22 heteroatoms. The second kappa shape index (κ2) is 23.4. The number of carbonyl (C=O) groups excluding carboxylic acids is 5. The highest BCUT2D eigenvalue weighted by molar-refractivity contribution is 5.93. The molecule has 0 bridgehead atoms. The Morgan fingerprint density at radius 2 is 1.00 bits per heavy atom. The molecule has 0 aromatic heterocycles. The number of nitrogens with one attached hydrogen (secondary N) is 4. The number of amides is 5. The van der Waals surface area contributed by atoms with Crippen molar-refractivity contribution in [2.45, 2.75) is 58.0 Å². The number of hydrogen-bond acceptors (Lipinski definition) is 14. The molecule has 2 aliphatic heterocycles. The third-order valence-electron chi connectivity index (χ3n) is 9.19. The molecule has 0 spiro atoms. The summed E-state index contributed by atoms with van der Waals surface area (Å²) in [5, 5.41) is 57.1. The van der Waals surface area contributed by atoms with Gasteiger partial charge in [-0.25, -0.2) is 0 Å². The molecule has 2 fully saturated rings. The number of likely N-dealkylation sites (tertiary alicyclic amines) is 1. The van der Waals surface area contributed by atoms with Gasteiger partial charge in [-0.05, 0) is 25.7 Å². The highest BCUT2D eigenvalue weighted by atomic mass is 16.5. The average molecular weight is 788 g/mol. The smallest absolute Gasteiger partial charge is 0.317 e. The minimum atomic E-state index is -1.72. The second-order valence-electron chi connectivity index (χ2n) is 14.0. The summed E-state index contributed by atoms with van der Waals surface area (Å²) in [6.45, 7) is 4.59. The van der Waals surface area contributed by atoms with Crippen LogP contribution in [0.1, 0.15) is 33.6 Å². The van der Waals surface area contributed by atoms with E-state index in [4.69, 9.17) is 0 Å². The largest absolute Gasteiger partial charge is 0.480 e. The van der Waals surface area contributed by atoms with Crippen LogP contribution in [0.5, 0.6) is 0 Å². The van der Waals surface area contributed by atoms with E-state index in [1.807, 2.05) is 0 Å². The number of hydrogen-bond donors (Lipinski definition) is 9. The standard InChI is InChI=1S/C33H57N9O13/c1-21(2)30(31(52)36-22(3)32(53)42-6-4-5-23(42)33(54)55)37-25(44)16-34-24(43)15-35-26(45)17-38-7-9-39(18-27(46)47)11-13-41(20-29(50)51)14-12-40(10-8-38)19-28(48)49/h21-23,30,33,54-55H,4-20H2,1-3H3,(H,34,43)(H,35,45)(H,36,52)(H,37,44)(H,46,47)(H,48,49)(H,50,51)/t22-,23+,30+/m1/s1. The van der Waals surface area contributed by atoms with E-state index in [1.165, 1.54) is 11.8 Å². The Hall–Kier alpha value is -4.48. The Kier molecular flexibility index (Phi) is 19.9. The van der Waals surface area contributed by atoms with Gasteiger partial charge in [0.1, 0.15) is 12.1 Å². The zero-order valence-electron chi connectivity index (χ0n) is 31.6. The van der Waals surface area contributed by atoms with Crippen LogP contribution in [-0.2, 0) is 38.4 Å². The maximum Gasteiger partial charge on any atom is 0.317 e. The molecule has 9 N–H and O–H groups in total. The predicted molar refractivity (Wildman–Crippen MR) is 192 cm³/mol. The highest BCUT2D eigenvalue weighted by Gasteiger charge is 2.36. The Bertz CT molecular complexity index is 1320. The maximum absolute atomic E-state index is 13.0. The normalized spacial score (nSPS) is 19.5. The summed E-state index contributed by atoms with van der Waals surface area (Å²) in [5.41, 5.74) is 0. The maximum atomic E-state index is 13.0. The van der Waals surface area contributed by atoms with E-state index in [0.29, 0.717) is 19.4 Å². The fourth-order valence-corrected chi connectivity index (χ4v) is 6.21. The summed E-state index contributed by atoms with van der Waals surface area (Å²) in [6, 6.07) is -2.87. The number of carbonyl (C=O) groups is 8. The van der Waals surface area contributed by atoms with Crippen LogP contribution in [0.4, 0.5) is 0 Å². The van der Waals surface area contributed by atoms with Crippen molar-refractivity contribution in [1.29, 1.82) is 0 Å². The first-order valence-corrected chi connectivity index (χ1v) is 18.2. The number of rotatable bonds is 18. The van der Waals surface area contributed by atoms with Crippen molar-refractivity contribution in [2.75, 3.05) is 98.2 Å². The van der Waals surface area contributed by atoms with E-state index in [-0.39, 0.29) is 78.5 Å². The SMILES string of the molecule is CC(C)[C@H](NC(=O)CNC(=O)CNC(=O)CN1CCN(CC(=O)O)CCN(CC(=O)O)CCN(CC(=O)O)CC1)C(=O)N[C@H](C)C(=O)N1CCC[C@H]1C(O)O. The van der Waals surface area contributed by atoms with Crippen molar-refractivity contribution in [1.82, 2.24) is 45.8 Å². The average Bonchev–Trinajstić information content (AvgIpc) is 3.59. The van der Waals surface area contributed by atoms with Gasteiger partial charge in [0.15, 0.2) is 6.29 Å². The zero-order chi connectivity index (χ0) is 41.2. The lowest BCUT2D eigenvalue weighted by Gasteiger charge is -2.32. The van der Waals surface area contributed by atoms with Gasteiger partial charge in [-0.1, -0.05) is 13.8 Å². The van der Waals surface area contributed by atoms with E-state index in [2.05, 4.69) is 21.3 Å². The molecular formula is C33H57N9O13. The summed E-state index contributed by atoms with van der Waals surface area (Å²) in [5.74, 6) is -6.80.